The van der Waals surface area contributed by atoms with Crippen LogP contribution in [0.5, 0.6) is 0 Å². The van der Waals surface area contributed by atoms with Crippen molar-refractivity contribution in [3.63, 3.8) is 0 Å². The second-order valence-electron chi connectivity index (χ2n) is 16.4. The van der Waals surface area contributed by atoms with Crippen LogP contribution in [0, 0.1) is 0 Å². The summed E-state index contributed by atoms with van der Waals surface area (Å²) in [5.41, 5.74) is 24.8. The predicted octanol–water partition coefficient (Wildman–Crippen LogP) is 16.5. The van der Waals surface area contributed by atoms with Crippen LogP contribution in [0.25, 0.3) is 105 Å². The molecule has 0 amide bonds. The quantitative estimate of drug-likeness (QED) is 0.163. The van der Waals surface area contributed by atoms with Crippen molar-refractivity contribution in [3.8, 4) is 83.6 Å². The molecule has 0 fully saturated rings. The molecule has 2 heteroatoms. The van der Waals surface area contributed by atoms with E-state index in [1.165, 1.54) is 105 Å². The van der Waals surface area contributed by atoms with E-state index >= 15 is 0 Å². The van der Waals surface area contributed by atoms with Gasteiger partial charge in [0.25, 0.3) is 0 Å². The largest absolute Gasteiger partial charge is 0.311 e. The number of hydrogen-bond donors (Lipinski definition) is 0. The molecule has 0 aliphatic heterocycles. The van der Waals surface area contributed by atoms with Crippen LogP contribution >= 0.6 is 0 Å². The Kier molecular flexibility index (Phi) is 7.64. The molecule has 0 N–H and O–H groups in total. The number of rotatable bonds is 6. The first-order valence-corrected chi connectivity index (χ1v) is 21.4. The summed E-state index contributed by atoms with van der Waals surface area (Å²) < 4.78 is 2.37. The summed E-state index contributed by atoms with van der Waals surface area (Å²) in [6, 6.07) is 84.6. The van der Waals surface area contributed by atoms with Crippen molar-refractivity contribution in [2.75, 3.05) is 4.90 Å². The molecular weight excluding hydrogens is 749 g/mol. The molecule has 10 aromatic carbocycles. The minimum absolute atomic E-state index is 1.11. The first-order valence-electron chi connectivity index (χ1n) is 21.4. The molecule has 288 valence electrons. The number of nitrogens with zero attached hydrogens (tertiary/aromatic N) is 2. The van der Waals surface area contributed by atoms with Crippen molar-refractivity contribution in [2.45, 2.75) is 0 Å². The van der Waals surface area contributed by atoms with Crippen LogP contribution in [0.2, 0.25) is 0 Å². The molecule has 0 radical (unpaired) electrons. The van der Waals surface area contributed by atoms with Gasteiger partial charge in [-0.15, -0.1) is 0 Å². The zero-order valence-corrected chi connectivity index (χ0v) is 33.8. The number of fused-ring (bicyclic) bond motifs is 7. The van der Waals surface area contributed by atoms with Crippen molar-refractivity contribution in [1.29, 1.82) is 0 Å². The third kappa shape index (κ3) is 5.23. The molecule has 1 heterocycles. The standard InChI is InChI=1S/C60H38N2/c1-3-13-43(14-4-1)61(46-33-27-40(28-34-46)42-30-36-58-55(37-42)49-18-9-10-24-57(49)62(58)44-15-5-2-6-16-44)45-31-25-39(26-32-45)41-29-35-48-52-21-12-22-53-54-23-11-20-51(60(54)56(48)38-41)47-17-7-8-19-50(47)59(52)53/h1-38H. The number of aromatic nitrogens is 1. The molecular formula is C60H38N2. The average Bonchev–Trinajstić information content (AvgIpc) is 3.62. The van der Waals surface area contributed by atoms with E-state index in [0.717, 1.165) is 17.1 Å². The molecule has 0 spiro atoms. The van der Waals surface area contributed by atoms with Gasteiger partial charge in [-0.1, -0.05) is 158 Å². The molecule has 2 nitrogen and oxygen atoms in total. The van der Waals surface area contributed by atoms with Crippen molar-refractivity contribution in [1.82, 2.24) is 4.57 Å². The monoisotopic (exact) mass is 786 g/mol. The fourth-order valence-corrected chi connectivity index (χ4v) is 10.3. The third-order valence-corrected chi connectivity index (χ3v) is 13.1. The molecule has 1 aromatic heterocycles. The lowest BCUT2D eigenvalue weighted by molar-refractivity contribution is 1.18. The average molecular weight is 787 g/mol. The molecule has 0 atom stereocenters. The highest BCUT2D eigenvalue weighted by molar-refractivity contribution is 6.15. The van der Waals surface area contributed by atoms with Gasteiger partial charge in [-0.3, -0.25) is 0 Å². The summed E-state index contributed by atoms with van der Waals surface area (Å²) in [5.74, 6) is 0. The topological polar surface area (TPSA) is 8.17 Å². The van der Waals surface area contributed by atoms with Crippen LogP contribution < -0.4 is 4.90 Å². The molecule has 62 heavy (non-hydrogen) atoms. The summed E-state index contributed by atoms with van der Waals surface area (Å²) in [4.78, 5) is 2.35. The van der Waals surface area contributed by atoms with E-state index in [4.69, 9.17) is 0 Å². The highest BCUT2D eigenvalue weighted by Gasteiger charge is 2.30. The first-order chi connectivity index (χ1) is 30.8. The second-order valence-corrected chi connectivity index (χ2v) is 16.4. The van der Waals surface area contributed by atoms with Gasteiger partial charge in [0.05, 0.1) is 11.0 Å². The Balaban J connectivity index is 0.868. The number of para-hydroxylation sites is 3. The van der Waals surface area contributed by atoms with Crippen molar-refractivity contribution in [2.24, 2.45) is 0 Å². The highest BCUT2D eigenvalue weighted by atomic mass is 15.1. The van der Waals surface area contributed by atoms with Gasteiger partial charge in [0.2, 0.25) is 0 Å². The summed E-state index contributed by atoms with van der Waals surface area (Å²) >= 11 is 0. The summed E-state index contributed by atoms with van der Waals surface area (Å²) in [7, 11) is 0. The fraction of sp³-hybridized carbons (Fsp3) is 0. The van der Waals surface area contributed by atoms with E-state index in [1.54, 1.807) is 0 Å². The van der Waals surface area contributed by atoms with Gasteiger partial charge in [0, 0.05) is 33.5 Å². The van der Waals surface area contributed by atoms with Crippen LogP contribution in [0.1, 0.15) is 0 Å². The summed E-state index contributed by atoms with van der Waals surface area (Å²) in [6.45, 7) is 0. The molecule has 0 saturated carbocycles. The van der Waals surface area contributed by atoms with Gasteiger partial charge in [0.1, 0.15) is 0 Å². The lowest BCUT2D eigenvalue weighted by Gasteiger charge is -2.26. The molecule has 6 bridgehead atoms. The van der Waals surface area contributed by atoms with Gasteiger partial charge < -0.3 is 9.47 Å². The van der Waals surface area contributed by atoms with Gasteiger partial charge >= 0.3 is 0 Å². The van der Waals surface area contributed by atoms with Gasteiger partial charge in [-0.25, -0.2) is 0 Å². The molecule has 0 saturated heterocycles. The van der Waals surface area contributed by atoms with E-state index in [0.29, 0.717) is 0 Å². The minimum atomic E-state index is 1.11. The van der Waals surface area contributed by atoms with E-state index in [-0.39, 0.29) is 0 Å². The smallest absolute Gasteiger partial charge is 0.0541 e. The van der Waals surface area contributed by atoms with Crippen molar-refractivity contribution < 1.29 is 0 Å². The summed E-state index contributed by atoms with van der Waals surface area (Å²) in [5, 5.41) is 2.51. The Labute approximate surface area is 360 Å². The Morgan fingerprint density at radius 2 is 0.710 bits per heavy atom. The second kappa shape index (κ2) is 13.7. The molecule has 11 aromatic rings. The highest BCUT2D eigenvalue weighted by Crippen LogP contribution is 2.57. The zero-order chi connectivity index (χ0) is 40.7. The van der Waals surface area contributed by atoms with Crippen LogP contribution in [-0.2, 0) is 0 Å². The van der Waals surface area contributed by atoms with Crippen LogP contribution in [0.15, 0.2) is 231 Å². The van der Waals surface area contributed by atoms with Crippen molar-refractivity contribution >= 4 is 38.9 Å². The normalized spacial score (nSPS) is 11.9. The first kappa shape index (κ1) is 34.6. The number of hydrogen-bond acceptors (Lipinski definition) is 1. The minimum Gasteiger partial charge on any atom is -0.311 e. The van der Waals surface area contributed by atoms with Gasteiger partial charge in [-0.2, -0.15) is 0 Å². The van der Waals surface area contributed by atoms with E-state index < -0.39 is 0 Å². The molecule has 0 unspecified atom stereocenters. The van der Waals surface area contributed by atoms with Gasteiger partial charge in [-0.05, 0) is 151 Å². The van der Waals surface area contributed by atoms with Crippen molar-refractivity contribution in [3.05, 3.63) is 231 Å². The lowest BCUT2D eigenvalue weighted by Crippen LogP contribution is -2.09. The molecule has 13 rings (SSSR count). The maximum Gasteiger partial charge on any atom is 0.0541 e. The lowest BCUT2D eigenvalue weighted by atomic mass is 9.83. The van der Waals surface area contributed by atoms with Crippen LogP contribution in [0.4, 0.5) is 17.1 Å². The predicted molar refractivity (Wildman–Crippen MR) is 261 cm³/mol. The van der Waals surface area contributed by atoms with E-state index in [1.807, 2.05) is 0 Å². The molecule has 2 aliphatic rings. The number of anilines is 3. The van der Waals surface area contributed by atoms with Crippen LogP contribution in [0.3, 0.4) is 0 Å². The molecule has 2 aliphatic carbocycles. The van der Waals surface area contributed by atoms with E-state index in [9.17, 15) is 0 Å². The Morgan fingerprint density at radius 1 is 0.258 bits per heavy atom. The van der Waals surface area contributed by atoms with Gasteiger partial charge in [0.15, 0.2) is 0 Å². The maximum atomic E-state index is 2.42. The SMILES string of the molecule is c1ccc(N(c2ccc(-c3ccc4c(c3)-c3c5cccc3-c3cccc-4c3-c3ccccc3-5)cc2)c2ccc(-c3ccc4c(c3)c3ccccc3n4-c3ccccc3)cc2)cc1. The Bertz CT molecular complexity index is 3520. The third-order valence-electron chi connectivity index (χ3n) is 13.1. The number of benzene rings is 10. The summed E-state index contributed by atoms with van der Waals surface area (Å²) in [6.07, 6.45) is 0. The zero-order valence-electron chi connectivity index (χ0n) is 33.8. The van der Waals surface area contributed by atoms with E-state index in [2.05, 4.69) is 240 Å². The fourth-order valence-electron chi connectivity index (χ4n) is 10.3. The van der Waals surface area contributed by atoms with Crippen LogP contribution in [-0.4, -0.2) is 4.57 Å². The Morgan fingerprint density at radius 3 is 1.39 bits per heavy atom. The Hall–Kier alpha value is -8.20. The maximum absolute atomic E-state index is 2.42.